The Kier molecular flexibility index (Phi) is 3.35. The molecule has 0 unspecified atom stereocenters. The number of rotatable bonds is 4. The molecule has 0 saturated heterocycles. The van der Waals surface area contributed by atoms with Crippen LogP contribution in [0.2, 0.25) is 0 Å². The first-order chi connectivity index (χ1) is 8.31. The molecule has 0 saturated carbocycles. The quantitative estimate of drug-likeness (QED) is 0.783. The molecule has 2 N–H and O–H groups in total. The fourth-order valence-electron chi connectivity index (χ4n) is 1.55. The van der Waals surface area contributed by atoms with Crippen LogP contribution in [-0.4, -0.2) is 16.5 Å². The van der Waals surface area contributed by atoms with E-state index in [-0.39, 0.29) is 5.75 Å². The number of aromatic nitrogens is 1. The van der Waals surface area contributed by atoms with Gasteiger partial charge in [-0.05, 0) is 12.1 Å². The van der Waals surface area contributed by atoms with E-state index in [1.54, 1.807) is 18.3 Å². The van der Waals surface area contributed by atoms with Crippen molar-refractivity contribution in [1.82, 2.24) is 10.3 Å². The van der Waals surface area contributed by atoms with Crippen molar-refractivity contribution in [3.8, 4) is 16.9 Å². The van der Waals surface area contributed by atoms with Crippen molar-refractivity contribution in [2.24, 2.45) is 0 Å². The number of para-hydroxylation sites is 1. The molecule has 0 aliphatic rings. The smallest absolute Gasteiger partial charge is 0.207 e. The molecule has 1 amide bonds. The molecule has 4 heteroatoms. The van der Waals surface area contributed by atoms with E-state index in [2.05, 4.69) is 10.3 Å². The zero-order chi connectivity index (χ0) is 12.1. The molecule has 1 aromatic carbocycles. The highest BCUT2D eigenvalue weighted by Crippen LogP contribution is 2.27. The second kappa shape index (κ2) is 5.12. The molecular weight excluding hydrogens is 216 g/mol. The van der Waals surface area contributed by atoms with E-state index in [0.29, 0.717) is 13.0 Å². The van der Waals surface area contributed by atoms with Crippen LogP contribution >= 0.6 is 0 Å². The van der Waals surface area contributed by atoms with Crippen molar-refractivity contribution in [2.75, 3.05) is 0 Å². The van der Waals surface area contributed by atoms with Gasteiger partial charge in [0.2, 0.25) is 6.41 Å². The van der Waals surface area contributed by atoms with E-state index >= 15 is 0 Å². The molecule has 2 rings (SSSR count). The molecule has 0 radical (unpaired) electrons. The van der Waals surface area contributed by atoms with Gasteiger partial charge in [0, 0.05) is 17.3 Å². The fourth-order valence-corrected chi connectivity index (χ4v) is 1.55. The Hall–Kier alpha value is -2.36. The Morgan fingerprint density at radius 1 is 1.24 bits per heavy atom. The monoisotopic (exact) mass is 228 g/mol. The number of carbonyl (C=O) groups excluding carboxylic acids is 1. The number of hydrogen-bond donors (Lipinski definition) is 2. The molecule has 1 heterocycles. The third-order valence-corrected chi connectivity index (χ3v) is 2.41. The van der Waals surface area contributed by atoms with Crippen LogP contribution < -0.4 is 5.32 Å². The van der Waals surface area contributed by atoms with Gasteiger partial charge in [0.15, 0.2) is 0 Å². The molecule has 17 heavy (non-hydrogen) atoms. The maximum Gasteiger partial charge on any atom is 0.207 e. The minimum atomic E-state index is 0.230. The highest BCUT2D eigenvalue weighted by Gasteiger charge is 2.03. The van der Waals surface area contributed by atoms with Crippen molar-refractivity contribution in [3.05, 3.63) is 48.3 Å². The molecule has 0 aliphatic heterocycles. The van der Waals surface area contributed by atoms with Crippen LogP contribution in [0.15, 0.2) is 42.6 Å². The molecule has 1 aromatic heterocycles. The van der Waals surface area contributed by atoms with E-state index in [0.717, 1.165) is 16.8 Å². The third kappa shape index (κ3) is 2.60. The van der Waals surface area contributed by atoms with Crippen molar-refractivity contribution >= 4 is 6.41 Å². The summed E-state index contributed by atoms with van der Waals surface area (Å²) in [6.07, 6.45) is 2.31. The lowest BCUT2D eigenvalue weighted by Gasteiger charge is -2.05. The van der Waals surface area contributed by atoms with E-state index in [9.17, 15) is 9.90 Å². The summed E-state index contributed by atoms with van der Waals surface area (Å²) < 4.78 is 0. The lowest BCUT2D eigenvalue weighted by Crippen LogP contribution is -2.10. The minimum absolute atomic E-state index is 0.230. The Morgan fingerprint density at radius 2 is 2.06 bits per heavy atom. The molecule has 86 valence electrons. The van der Waals surface area contributed by atoms with Crippen LogP contribution in [0.5, 0.6) is 5.75 Å². The molecule has 4 nitrogen and oxygen atoms in total. The van der Waals surface area contributed by atoms with Crippen LogP contribution in [0.4, 0.5) is 0 Å². The number of pyridine rings is 1. The van der Waals surface area contributed by atoms with Crippen molar-refractivity contribution in [3.63, 3.8) is 0 Å². The van der Waals surface area contributed by atoms with Gasteiger partial charge in [-0.15, -0.1) is 0 Å². The van der Waals surface area contributed by atoms with Gasteiger partial charge in [-0.2, -0.15) is 0 Å². The fraction of sp³-hybridized carbons (Fsp3) is 0.0769. The molecular formula is C13H12N2O2. The van der Waals surface area contributed by atoms with Gasteiger partial charge in [-0.25, -0.2) is 0 Å². The van der Waals surface area contributed by atoms with E-state index in [1.165, 1.54) is 0 Å². The SMILES string of the molecule is O=CNCc1ccc(-c2ccccc2O)cn1. The second-order valence-electron chi connectivity index (χ2n) is 3.55. The van der Waals surface area contributed by atoms with Crippen LogP contribution in [0.3, 0.4) is 0 Å². The summed E-state index contributed by atoms with van der Waals surface area (Å²) in [5.74, 6) is 0.230. The normalized spacial score (nSPS) is 9.88. The first-order valence-electron chi connectivity index (χ1n) is 5.21. The third-order valence-electron chi connectivity index (χ3n) is 2.41. The van der Waals surface area contributed by atoms with Gasteiger partial charge >= 0.3 is 0 Å². The molecule has 0 fully saturated rings. The standard InChI is InChI=1S/C13H12N2O2/c16-9-14-8-11-6-5-10(7-15-11)12-3-1-2-4-13(12)17/h1-7,9,17H,8H2,(H,14,16). The number of phenols is 1. The number of hydrogen-bond acceptors (Lipinski definition) is 3. The summed E-state index contributed by atoms with van der Waals surface area (Å²) in [5, 5.41) is 12.2. The van der Waals surface area contributed by atoms with E-state index in [4.69, 9.17) is 0 Å². The molecule has 0 spiro atoms. The van der Waals surface area contributed by atoms with Gasteiger partial charge in [0.25, 0.3) is 0 Å². The summed E-state index contributed by atoms with van der Waals surface area (Å²) in [6, 6.07) is 10.8. The Labute approximate surface area is 98.9 Å². The summed E-state index contributed by atoms with van der Waals surface area (Å²) in [7, 11) is 0. The van der Waals surface area contributed by atoms with Crippen molar-refractivity contribution in [2.45, 2.75) is 6.54 Å². The van der Waals surface area contributed by atoms with Gasteiger partial charge in [-0.3, -0.25) is 9.78 Å². The number of benzene rings is 1. The molecule has 0 bridgehead atoms. The first-order valence-corrected chi connectivity index (χ1v) is 5.21. The lowest BCUT2D eigenvalue weighted by molar-refractivity contribution is -0.109. The molecule has 0 aliphatic carbocycles. The summed E-state index contributed by atoms with van der Waals surface area (Å²) in [5.41, 5.74) is 2.36. The van der Waals surface area contributed by atoms with Crippen LogP contribution in [0, 0.1) is 0 Å². The molecule has 2 aromatic rings. The Bertz CT molecular complexity index is 509. The number of amides is 1. The minimum Gasteiger partial charge on any atom is -0.507 e. The van der Waals surface area contributed by atoms with Crippen molar-refractivity contribution < 1.29 is 9.90 Å². The number of phenolic OH excluding ortho intramolecular Hbond substituents is 1. The Balaban J connectivity index is 2.23. The topological polar surface area (TPSA) is 62.2 Å². The number of nitrogens with one attached hydrogen (secondary N) is 1. The first kappa shape index (κ1) is 11.1. The van der Waals surface area contributed by atoms with Crippen LogP contribution in [0.25, 0.3) is 11.1 Å². The van der Waals surface area contributed by atoms with Gasteiger partial charge < -0.3 is 10.4 Å². The van der Waals surface area contributed by atoms with Crippen LogP contribution in [0.1, 0.15) is 5.69 Å². The summed E-state index contributed by atoms with van der Waals surface area (Å²) in [4.78, 5) is 14.3. The van der Waals surface area contributed by atoms with Gasteiger partial charge in [0.1, 0.15) is 5.75 Å². The number of nitrogens with zero attached hydrogens (tertiary/aromatic N) is 1. The maximum atomic E-state index is 10.1. The highest BCUT2D eigenvalue weighted by molar-refractivity contribution is 5.69. The highest BCUT2D eigenvalue weighted by atomic mass is 16.3. The number of aromatic hydroxyl groups is 1. The second-order valence-corrected chi connectivity index (χ2v) is 3.55. The predicted molar refractivity (Wildman–Crippen MR) is 64.2 cm³/mol. The lowest BCUT2D eigenvalue weighted by atomic mass is 10.1. The summed E-state index contributed by atoms with van der Waals surface area (Å²) in [6.45, 7) is 0.407. The number of carbonyl (C=O) groups is 1. The summed E-state index contributed by atoms with van der Waals surface area (Å²) >= 11 is 0. The van der Waals surface area contributed by atoms with Crippen molar-refractivity contribution in [1.29, 1.82) is 0 Å². The van der Waals surface area contributed by atoms with Gasteiger partial charge in [0.05, 0.1) is 12.2 Å². The average Bonchev–Trinajstić information content (AvgIpc) is 2.38. The van der Waals surface area contributed by atoms with Crippen LogP contribution in [-0.2, 0) is 11.3 Å². The Morgan fingerprint density at radius 3 is 2.71 bits per heavy atom. The predicted octanol–water partition coefficient (Wildman–Crippen LogP) is 1.70. The van der Waals surface area contributed by atoms with Gasteiger partial charge in [-0.1, -0.05) is 24.3 Å². The average molecular weight is 228 g/mol. The molecule has 0 atom stereocenters. The maximum absolute atomic E-state index is 10.1. The van der Waals surface area contributed by atoms with E-state index in [1.807, 2.05) is 24.3 Å². The largest absolute Gasteiger partial charge is 0.507 e. The zero-order valence-corrected chi connectivity index (χ0v) is 9.13. The van der Waals surface area contributed by atoms with E-state index < -0.39 is 0 Å². The zero-order valence-electron chi connectivity index (χ0n) is 9.13.